The van der Waals surface area contributed by atoms with Crippen molar-refractivity contribution < 1.29 is 253 Å². The van der Waals surface area contributed by atoms with Crippen LogP contribution in [0.4, 0.5) is 211 Å². The van der Waals surface area contributed by atoms with Crippen molar-refractivity contribution in [2.75, 3.05) is 39.6 Å². The van der Waals surface area contributed by atoms with Crippen LogP contribution in [0, 0.1) is 5.92 Å². The van der Waals surface area contributed by atoms with E-state index < -0.39 is 239 Å². The molecule has 0 unspecified atom stereocenters. The van der Waals surface area contributed by atoms with Crippen LogP contribution in [-0.2, 0) is 41.9 Å². The second-order valence-corrected chi connectivity index (χ2v) is 23.0. The smallest absolute Gasteiger partial charge is 0.459 e. The minimum atomic E-state index is -9.74. The van der Waals surface area contributed by atoms with Crippen molar-refractivity contribution in [1.29, 1.82) is 0 Å². The van der Waals surface area contributed by atoms with Gasteiger partial charge in [-0.15, -0.1) is 0 Å². The molecule has 0 aromatic carbocycles. The summed E-state index contributed by atoms with van der Waals surface area (Å²) in [6.07, 6.45) is -2.16. The Morgan fingerprint density at radius 2 is 0.426 bits per heavy atom. The zero-order valence-electron chi connectivity index (χ0n) is 47.6. The predicted molar refractivity (Wildman–Crippen MR) is 226 cm³/mol. The standard InChI is InChI=1S/C43H32F48O9Si/c1-6-17(92)95-10-20(44,45)26(56,57)32(68,69)38(80,81)41(86,87)35(74,75)29(62,63)23(50,51)13-98-101(9-16(4)5,99-14-24(52,53)30(64,65)36(76,77)42(88,89)39(82,83)33(70,71)27(58,59)21(46,47)11-96-18(93)7-2)100-15-25(54,55)31(66,67)37(78,79)43(90,91)40(84,85)34(72,73)28(60,61)22(48,49)12-97-19(94)8-3/h6-7,16H,1-2,8-15H2,3-5H3. The van der Waals surface area contributed by atoms with Crippen LogP contribution in [0.2, 0.25) is 6.04 Å². The van der Waals surface area contributed by atoms with Crippen LogP contribution < -0.4 is 0 Å². The van der Waals surface area contributed by atoms with Gasteiger partial charge < -0.3 is 27.5 Å². The highest BCUT2D eigenvalue weighted by atomic mass is 28.4. The third-order valence-corrected chi connectivity index (χ3v) is 15.6. The van der Waals surface area contributed by atoms with E-state index >= 15 is 52.7 Å². The van der Waals surface area contributed by atoms with Gasteiger partial charge >= 0.3 is 169 Å². The van der Waals surface area contributed by atoms with Gasteiger partial charge in [-0.25, -0.2) is 9.59 Å². The van der Waals surface area contributed by atoms with Crippen molar-refractivity contribution in [3.05, 3.63) is 25.3 Å². The molecule has 0 aromatic heterocycles. The average molecular weight is 1630 g/mol. The van der Waals surface area contributed by atoms with Gasteiger partial charge in [0.1, 0.15) is 19.8 Å². The Labute approximate surface area is 526 Å². The van der Waals surface area contributed by atoms with E-state index in [4.69, 9.17) is 0 Å². The van der Waals surface area contributed by atoms with Crippen LogP contribution in [0.3, 0.4) is 0 Å². The van der Waals surface area contributed by atoms with Crippen molar-refractivity contribution in [3.63, 3.8) is 0 Å². The van der Waals surface area contributed by atoms with E-state index in [0.717, 1.165) is 0 Å². The number of carbonyl (C=O) groups excluding carboxylic acids is 3. The second kappa shape index (κ2) is 27.8. The van der Waals surface area contributed by atoms with E-state index in [2.05, 4.69) is 40.6 Å². The summed E-state index contributed by atoms with van der Waals surface area (Å²) in [5.41, 5.74) is 0. The summed E-state index contributed by atoms with van der Waals surface area (Å²) >= 11 is 0. The molecule has 0 aliphatic rings. The lowest BCUT2D eigenvalue weighted by molar-refractivity contribution is -0.455. The van der Waals surface area contributed by atoms with E-state index in [1.54, 1.807) is 0 Å². The molecule has 0 saturated heterocycles. The highest BCUT2D eigenvalue weighted by Crippen LogP contribution is 2.68. The summed E-state index contributed by atoms with van der Waals surface area (Å²) in [6.45, 7) is -22.3. The van der Waals surface area contributed by atoms with Crippen LogP contribution in [0.1, 0.15) is 27.2 Å². The molecule has 598 valence electrons. The summed E-state index contributed by atoms with van der Waals surface area (Å²) < 4.78 is 722. The molecule has 0 spiro atoms. The number of hydrogen-bond acceptors (Lipinski definition) is 9. The van der Waals surface area contributed by atoms with Crippen molar-refractivity contribution in [1.82, 2.24) is 0 Å². The largest absolute Gasteiger partial charge is 0.501 e. The van der Waals surface area contributed by atoms with Gasteiger partial charge in [0.25, 0.3) is 0 Å². The molecule has 0 aliphatic carbocycles. The number of carbonyl (C=O) groups is 3. The normalized spacial score (nSPS) is 16.0. The van der Waals surface area contributed by atoms with Crippen molar-refractivity contribution >= 4 is 26.7 Å². The average Bonchev–Trinajstić information content (AvgIpc) is 0.706. The fourth-order valence-electron chi connectivity index (χ4n) is 6.41. The van der Waals surface area contributed by atoms with E-state index in [1.165, 1.54) is 0 Å². The molecule has 0 rings (SSSR count). The fourth-order valence-corrected chi connectivity index (χ4v) is 9.21. The maximum absolute atomic E-state index is 15.3. The van der Waals surface area contributed by atoms with E-state index in [0.29, 0.717) is 6.92 Å². The monoisotopic (exact) mass is 1630 g/mol. The lowest BCUT2D eigenvalue weighted by Gasteiger charge is -2.44. The Morgan fingerprint density at radius 1 is 0.277 bits per heavy atom. The Hall–Kier alpha value is -5.37. The Kier molecular flexibility index (Phi) is 26.4. The molecule has 0 heterocycles. The highest BCUT2D eigenvalue weighted by Gasteiger charge is 2.99. The number of hydrogen-bond donors (Lipinski definition) is 0. The van der Waals surface area contributed by atoms with Crippen LogP contribution in [0.15, 0.2) is 25.3 Å². The fraction of sp³-hybridized carbons (Fsp3) is 0.837. The zero-order chi connectivity index (χ0) is 82.1. The van der Waals surface area contributed by atoms with Gasteiger partial charge in [-0.1, -0.05) is 33.9 Å². The lowest BCUT2D eigenvalue weighted by Crippen LogP contribution is -2.75. The summed E-state index contributed by atoms with van der Waals surface area (Å²) in [7, 11) is -8.84. The van der Waals surface area contributed by atoms with Crippen molar-refractivity contribution in [3.8, 4) is 0 Å². The molecule has 0 aromatic rings. The topological polar surface area (TPSA) is 107 Å². The number of halogens is 48. The molecule has 58 heteroatoms. The Morgan fingerprint density at radius 3 is 0.574 bits per heavy atom. The van der Waals surface area contributed by atoms with Gasteiger partial charge in [-0.05, 0) is 5.92 Å². The maximum Gasteiger partial charge on any atom is 0.501 e. The molecular formula is C43H32F48O9Si. The van der Waals surface area contributed by atoms with Gasteiger partial charge in [0.05, 0.1) is 0 Å². The van der Waals surface area contributed by atoms with Gasteiger partial charge in [-0.2, -0.15) is 211 Å². The van der Waals surface area contributed by atoms with E-state index in [-0.39, 0.29) is 13.8 Å². The molecule has 0 saturated carbocycles. The predicted octanol–water partition coefficient (Wildman–Crippen LogP) is 17.3. The van der Waals surface area contributed by atoms with E-state index in [1.807, 2.05) is 0 Å². The van der Waals surface area contributed by atoms with Crippen LogP contribution in [0.5, 0.6) is 0 Å². The van der Waals surface area contributed by atoms with Gasteiger partial charge in [-0.3, -0.25) is 4.79 Å². The van der Waals surface area contributed by atoms with Gasteiger partial charge in [0.2, 0.25) is 0 Å². The first-order valence-corrected chi connectivity index (χ1v) is 26.3. The first kappa shape index (κ1) is 95.6. The minimum Gasteiger partial charge on any atom is -0.459 e. The molecular weight excluding hydrogens is 1600 g/mol. The van der Waals surface area contributed by atoms with Crippen LogP contribution in [-0.4, -0.2) is 208 Å². The molecule has 0 amide bonds. The zero-order valence-corrected chi connectivity index (χ0v) is 48.6. The molecule has 0 bridgehead atoms. The first-order chi connectivity index (χ1) is 43.7. The highest BCUT2D eigenvalue weighted by molar-refractivity contribution is 6.60. The third kappa shape index (κ3) is 14.9. The van der Waals surface area contributed by atoms with Crippen LogP contribution >= 0.6 is 0 Å². The Balaban J connectivity index is 8.91. The molecule has 0 fully saturated rings. The minimum absolute atomic E-state index is 0.173. The number of ether oxygens (including phenoxy) is 3. The summed E-state index contributed by atoms with van der Waals surface area (Å²) in [6, 6.07) is -3.23. The summed E-state index contributed by atoms with van der Waals surface area (Å²) in [4.78, 5) is 32.8. The second-order valence-electron chi connectivity index (χ2n) is 20.4. The first-order valence-electron chi connectivity index (χ1n) is 24.4. The summed E-state index contributed by atoms with van der Waals surface area (Å²) in [5, 5.41) is 0. The number of esters is 3. The molecule has 0 N–H and O–H groups in total. The van der Waals surface area contributed by atoms with E-state index in [9.17, 15) is 172 Å². The third-order valence-electron chi connectivity index (χ3n) is 12.6. The lowest BCUT2D eigenvalue weighted by atomic mass is 9.88. The molecule has 101 heavy (non-hydrogen) atoms. The molecule has 9 nitrogen and oxygen atoms in total. The molecule has 0 radical (unpaired) electrons. The quantitative estimate of drug-likeness (QED) is 0.0194. The molecule has 0 aliphatic heterocycles. The van der Waals surface area contributed by atoms with Crippen molar-refractivity contribution in [2.24, 2.45) is 5.92 Å². The number of rotatable bonds is 41. The molecule has 0 atom stereocenters. The van der Waals surface area contributed by atoms with Gasteiger partial charge in [0, 0.05) is 24.6 Å². The SMILES string of the molecule is C=CC(=O)OCC(F)(F)C(F)(F)C(F)(F)C(F)(F)C(F)(F)C(F)(F)C(F)(F)C(F)(F)CO[Si](CC(C)C)(OCC(F)(F)C(F)(F)C(F)(F)C(F)(F)C(F)(F)C(F)(F)C(F)(F)C(F)(F)COC(=O)C=C)OCC(F)(F)C(F)(F)C(F)(F)C(F)(F)C(F)(F)C(F)(F)C(F)(F)C(F)(F)COC(=O)CC. The number of alkyl halides is 48. The van der Waals surface area contributed by atoms with Crippen LogP contribution in [0.25, 0.3) is 0 Å². The Bertz CT molecular complexity index is 2800. The maximum atomic E-state index is 15.3. The summed E-state index contributed by atoms with van der Waals surface area (Å²) in [5.74, 6) is -227. The van der Waals surface area contributed by atoms with Crippen molar-refractivity contribution in [2.45, 2.75) is 175 Å². The van der Waals surface area contributed by atoms with Gasteiger partial charge in [0.15, 0.2) is 19.8 Å².